The maximum atomic E-state index is 12.0. The number of hydrogen-bond acceptors (Lipinski definition) is 4. The van der Waals surface area contributed by atoms with Crippen LogP contribution in [0.25, 0.3) is 10.8 Å². The van der Waals surface area contributed by atoms with Gasteiger partial charge in [0.2, 0.25) is 0 Å². The van der Waals surface area contributed by atoms with E-state index in [-0.39, 0.29) is 5.41 Å². The molecule has 4 heteroatoms. The maximum Gasteiger partial charge on any atom is 0.346 e. The summed E-state index contributed by atoms with van der Waals surface area (Å²) in [5.74, 6) is -1.16. The van der Waals surface area contributed by atoms with Crippen molar-refractivity contribution in [3.8, 4) is 0 Å². The largest absolute Gasteiger partial charge is 0.386 e. The van der Waals surface area contributed by atoms with Gasteiger partial charge < -0.3 is 4.74 Å². The van der Waals surface area contributed by atoms with E-state index in [4.69, 9.17) is 4.74 Å². The van der Waals surface area contributed by atoms with Crippen molar-refractivity contribution in [2.24, 2.45) is 0 Å². The van der Waals surface area contributed by atoms with Crippen molar-refractivity contribution in [3.63, 3.8) is 0 Å². The molecule has 0 saturated heterocycles. The number of rotatable bonds is 2. The van der Waals surface area contributed by atoms with Gasteiger partial charge in [-0.05, 0) is 46.7 Å². The van der Waals surface area contributed by atoms with Crippen LogP contribution >= 0.6 is 11.8 Å². The monoisotopic (exact) mass is 362 g/mol. The second-order valence-electron chi connectivity index (χ2n) is 7.39. The Balaban J connectivity index is 1.78. The Labute approximate surface area is 156 Å². The summed E-state index contributed by atoms with van der Waals surface area (Å²) in [7, 11) is 0. The van der Waals surface area contributed by atoms with Gasteiger partial charge in [-0.2, -0.15) is 0 Å². The van der Waals surface area contributed by atoms with Crippen LogP contribution in [0.15, 0.2) is 64.4 Å². The van der Waals surface area contributed by atoms with Crippen molar-refractivity contribution in [1.82, 2.24) is 0 Å². The molecule has 0 amide bonds. The van der Waals surface area contributed by atoms with Crippen LogP contribution < -0.4 is 0 Å². The average Bonchev–Trinajstić information content (AvgIpc) is 2.60. The molecule has 0 N–H and O–H groups in total. The van der Waals surface area contributed by atoms with Crippen LogP contribution in [0.5, 0.6) is 0 Å². The molecule has 0 fully saturated rings. The summed E-state index contributed by atoms with van der Waals surface area (Å²) >= 11 is 1.63. The van der Waals surface area contributed by atoms with Crippen molar-refractivity contribution in [1.29, 1.82) is 0 Å². The molecule has 0 aliphatic carbocycles. The van der Waals surface area contributed by atoms with Crippen LogP contribution in [0, 0.1) is 0 Å². The van der Waals surface area contributed by atoms with Crippen molar-refractivity contribution < 1.29 is 14.3 Å². The van der Waals surface area contributed by atoms with Gasteiger partial charge in [-0.15, -0.1) is 0 Å². The molecule has 0 saturated carbocycles. The van der Waals surface area contributed by atoms with Gasteiger partial charge in [0.15, 0.2) is 0 Å². The number of esters is 2. The van der Waals surface area contributed by atoms with E-state index < -0.39 is 11.9 Å². The zero-order valence-corrected chi connectivity index (χ0v) is 15.6. The fourth-order valence-corrected chi connectivity index (χ4v) is 4.10. The van der Waals surface area contributed by atoms with Crippen LogP contribution in [0.3, 0.4) is 0 Å². The highest BCUT2D eigenvalue weighted by Gasteiger charge is 2.27. The lowest BCUT2D eigenvalue weighted by Gasteiger charge is -2.19. The minimum atomic E-state index is -0.579. The van der Waals surface area contributed by atoms with E-state index in [2.05, 4.69) is 45.0 Å². The third-order valence-corrected chi connectivity index (χ3v) is 5.66. The number of carbonyl (C=O) groups excluding carboxylic acids is 2. The minimum Gasteiger partial charge on any atom is -0.386 e. The molecule has 130 valence electrons. The molecule has 0 aromatic heterocycles. The highest BCUT2D eigenvalue weighted by Crippen LogP contribution is 2.38. The predicted octanol–water partition coefficient (Wildman–Crippen LogP) is 5.60. The molecule has 0 unspecified atom stereocenters. The van der Waals surface area contributed by atoms with E-state index >= 15 is 0 Å². The fourth-order valence-electron chi connectivity index (χ4n) is 3.15. The topological polar surface area (TPSA) is 43.4 Å². The van der Waals surface area contributed by atoms with Gasteiger partial charge in [-0.3, -0.25) is 0 Å². The average molecular weight is 362 g/mol. The first-order valence-electron chi connectivity index (χ1n) is 8.45. The lowest BCUT2D eigenvalue weighted by Crippen LogP contribution is -2.19. The second kappa shape index (κ2) is 5.99. The molecule has 26 heavy (non-hydrogen) atoms. The van der Waals surface area contributed by atoms with Gasteiger partial charge in [-0.25, -0.2) is 9.59 Å². The smallest absolute Gasteiger partial charge is 0.346 e. The van der Waals surface area contributed by atoms with Crippen LogP contribution in [-0.4, -0.2) is 11.9 Å². The molecule has 0 bridgehead atoms. The molecule has 1 aliphatic heterocycles. The van der Waals surface area contributed by atoms with E-state index in [1.54, 1.807) is 23.9 Å². The summed E-state index contributed by atoms with van der Waals surface area (Å²) in [4.78, 5) is 26.2. The molecule has 0 spiro atoms. The van der Waals surface area contributed by atoms with Crippen LogP contribution in [-0.2, 0) is 10.2 Å². The van der Waals surface area contributed by atoms with Crippen molar-refractivity contribution in [3.05, 3.63) is 71.3 Å². The number of cyclic esters (lactones) is 2. The van der Waals surface area contributed by atoms with Crippen LogP contribution in [0.4, 0.5) is 0 Å². The summed E-state index contributed by atoms with van der Waals surface area (Å²) < 4.78 is 4.82. The number of hydrogen-bond donors (Lipinski definition) is 0. The number of benzene rings is 3. The first-order valence-corrected chi connectivity index (χ1v) is 9.27. The van der Waals surface area contributed by atoms with E-state index in [0.717, 1.165) is 15.2 Å². The predicted molar refractivity (Wildman–Crippen MR) is 103 cm³/mol. The SMILES string of the molecule is CC(C)(C)c1ccc(Sc2ccc3c4c(cccc24)C(=O)OC3=O)cc1. The lowest BCUT2D eigenvalue weighted by atomic mass is 9.87. The van der Waals surface area contributed by atoms with Crippen molar-refractivity contribution in [2.45, 2.75) is 36.0 Å². The Bertz CT molecular complexity index is 1020. The molecule has 4 rings (SSSR count). The Hall–Kier alpha value is -2.59. The lowest BCUT2D eigenvalue weighted by molar-refractivity contribution is 0.0391. The third-order valence-electron chi connectivity index (χ3n) is 4.57. The first-order chi connectivity index (χ1) is 12.3. The fraction of sp³-hybridized carbons (Fsp3) is 0.182. The molecule has 3 aromatic rings. The summed E-state index contributed by atoms with van der Waals surface area (Å²) in [6.07, 6.45) is 0. The highest BCUT2D eigenvalue weighted by atomic mass is 32.2. The number of ether oxygens (including phenoxy) is 1. The van der Waals surface area contributed by atoms with Crippen molar-refractivity contribution >= 4 is 34.5 Å². The standard InChI is InChI=1S/C22H18O3S/c1-22(2,3)13-7-9-14(10-8-13)26-18-12-11-17-19-15(18)5-4-6-16(19)20(23)25-21(17)24/h4-12H,1-3H3. The first kappa shape index (κ1) is 16.9. The van der Waals surface area contributed by atoms with Crippen LogP contribution in [0.2, 0.25) is 0 Å². The Morgan fingerprint density at radius 1 is 0.808 bits per heavy atom. The van der Waals surface area contributed by atoms with Crippen LogP contribution in [0.1, 0.15) is 47.1 Å². The summed E-state index contributed by atoms with van der Waals surface area (Å²) in [5.41, 5.74) is 2.29. The molecule has 3 aromatic carbocycles. The highest BCUT2D eigenvalue weighted by molar-refractivity contribution is 7.99. The molecule has 1 heterocycles. The summed E-state index contributed by atoms with van der Waals surface area (Å²) in [5, 5.41) is 1.58. The van der Waals surface area contributed by atoms with Gasteiger partial charge in [0, 0.05) is 15.2 Å². The van der Waals surface area contributed by atoms with Gasteiger partial charge in [0.05, 0.1) is 11.1 Å². The van der Waals surface area contributed by atoms with E-state index in [9.17, 15) is 9.59 Å². The Morgan fingerprint density at radius 2 is 1.46 bits per heavy atom. The zero-order chi connectivity index (χ0) is 18.5. The molecular weight excluding hydrogens is 344 g/mol. The van der Waals surface area contributed by atoms with Gasteiger partial charge in [0.1, 0.15) is 0 Å². The van der Waals surface area contributed by atoms with Gasteiger partial charge >= 0.3 is 11.9 Å². The van der Waals surface area contributed by atoms with E-state index in [1.807, 2.05) is 18.2 Å². The van der Waals surface area contributed by atoms with Gasteiger partial charge in [-0.1, -0.05) is 56.8 Å². The molecule has 0 atom stereocenters. The van der Waals surface area contributed by atoms with Gasteiger partial charge in [0.25, 0.3) is 0 Å². The minimum absolute atomic E-state index is 0.115. The Morgan fingerprint density at radius 3 is 2.12 bits per heavy atom. The summed E-state index contributed by atoms with van der Waals surface area (Å²) in [6.45, 7) is 6.58. The van der Waals surface area contributed by atoms with E-state index in [0.29, 0.717) is 16.5 Å². The third kappa shape index (κ3) is 2.80. The quantitative estimate of drug-likeness (QED) is 0.440. The number of carbonyl (C=O) groups is 2. The molecule has 3 nitrogen and oxygen atoms in total. The maximum absolute atomic E-state index is 12.0. The zero-order valence-electron chi connectivity index (χ0n) is 14.8. The molecular formula is C22H18O3S. The molecule has 1 aliphatic rings. The normalized spacial score (nSPS) is 13.8. The Kier molecular flexibility index (Phi) is 3.88. The summed E-state index contributed by atoms with van der Waals surface area (Å²) in [6, 6.07) is 17.6. The van der Waals surface area contributed by atoms with E-state index in [1.165, 1.54) is 5.56 Å². The molecule has 0 radical (unpaired) electrons. The van der Waals surface area contributed by atoms with Crippen molar-refractivity contribution in [2.75, 3.05) is 0 Å². The second-order valence-corrected chi connectivity index (χ2v) is 8.51.